The molecule has 2 heterocycles. The number of para-hydroxylation sites is 1. The SMILES string of the molecule is CC.CC.CC=N/C=C(\C=N)C1C2CN(c3ccc([C@@H](C)Nc4ccccc4SC)cc(C)cc(C)c(=O)n3C)CC21. The average Bonchev–Trinajstić information content (AvgIpc) is 3.49. The topological polar surface area (TPSA) is 73.5 Å². The lowest BCUT2D eigenvalue weighted by atomic mass is 10.1. The van der Waals surface area contributed by atoms with Crippen LogP contribution < -0.4 is 15.8 Å². The lowest BCUT2D eigenvalue weighted by Gasteiger charge is -2.24. The minimum absolute atomic E-state index is 0.00963. The molecule has 7 heteroatoms. The Labute approximate surface area is 258 Å². The minimum Gasteiger partial charge on any atom is -0.378 e. The monoisotopic (exact) mass is 589 g/mol. The second kappa shape index (κ2) is 17.0. The van der Waals surface area contributed by atoms with E-state index in [9.17, 15) is 4.79 Å². The summed E-state index contributed by atoms with van der Waals surface area (Å²) in [4.78, 5) is 21.1. The number of piperidine rings is 1. The van der Waals surface area contributed by atoms with Crippen LogP contribution in [-0.2, 0) is 7.05 Å². The third kappa shape index (κ3) is 8.37. The van der Waals surface area contributed by atoms with Gasteiger partial charge in [0.05, 0.1) is 0 Å². The van der Waals surface area contributed by atoms with Gasteiger partial charge in [0.15, 0.2) is 0 Å². The average molecular weight is 590 g/mol. The van der Waals surface area contributed by atoms with Crippen molar-refractivity contribution in [3.05, 3.63) is 87.3 Å². The van der Waals surface area contributed by atoms with Gasteiger partial charge in [-0.25, -0.2) is 0 Å². The summed E-state index contributed by atoms with van der Waals surface area (Å²) in [6, 6.07) is 16.8. The second-order valence-electron chi connectivity index (χ2n) is 10.3. The molecule has 6 nitrogen and oxygen atoms in total. The van der Waals surface area contributed by atoms with Crippen LogP contribution in [0.25, 0.3) is 0 Å². The molecule has 1 aromatic carbocycles. The van der Waals surface area contributed by atoms with Gasteiger partial charge in [0.2, 0.25) is 0 Å². The zero-order chi connectivity index (χ0) is 31.4. The summed E-state index contributed by atoms with van der Waals surface area (Å²) in [6.45, 7) is 17.7. The molecule has 0 amide bonds. The Morgan fingerprint density at radius 2 is 1.71 bits per heavy atom. The van der Waals surface area contributed by atoms with Crippen molar-refractivity contribution in [2.75, 3.05) is 29.6 Å². The van der Waals surface area contributed by atoms with Crippen LogP contribution in [0.2, 0.25) is 0 Å². The predicted molar refractivity (Wildman–Crippen MR) is 185 cm³/mol. The van der Waals surface area contributed by atoms with Crippen molar-refractivity contribution in [1.82, 2.24) is 4.57 Å². The first-order valence-corrected chi connectivity index (χ1v) is 16.4. The highest BCUT2D eigenvalue weighted by Crippen LogP contribution is 2.55. The van der Waals surface area contributed by atoms with Gasteiger partial charge in [-0.05, 0) is 81.0 Å². The first-order chi connectivity index (χ1) is 20.3. The number of aromatic nitrogens is 1. The maximum atomic E-state index is 13.3. The molecule has 0 spiro atoms. The van der Waals surface area contributed by atoms with E-state index in [1.54, 1.807) is 22.5 Å². The van der Waals surface area contributed by atoms with Gasteiger partial charge in [-0.15, -0.1) is 11.8 Å². The quantitative estimate of drug-likeness (QED) is 0.240. The highest BCUT2D eigenvalue weighted by Gasteiger charge is 2.57. The second-order valence-corrected chi connectivity index (χ2v) is 11.1. The third-order valence-electron chi connectivity index (χ3n) is 7.67. The molecular weight excluding hydrogens is 538 g/mol. The van der Waals surface area contributed by atoms with Gasteiger partial charge in [0.1, 0.15) is 5.82 Å². The number of hydrogen-bond donors (Lipinski definition) is 2. The Morgan fingerprint density at radius 1 is 1.07 bits per heavy atom. The van der Waals surface area contributed by atoms with Crippen molar-refractivity contribution < 1.29 is 0 Å². The fourth-order valence-electron chi connectivity index (χ4n) is 5.66. The van der Waals surface area contributed by atoms with Gasteiger partial charge in [-0.1, -0.05) is 63.6 Å². The number of benzene rings is 1. The molecule has 1 aromatic heterocycles. The molecule has 0 radical (unpaired) electrons. The van der Waals surface area contributed by atoms with Crippen LogP contribution in [0.3, 0.4) is 0 Å². The molecule has 2 fully saturated rings. The number of nitrogens with one attached hydrogen (secondary N) is 2. The largest absolute Gasteiger partial charge is 0.378 e. The molecule has 2 aliphatic rings. The van der Waals surface area contributed by atoms with Crippen molar-refractivity contribution in [3.8, 4) is 0 Å². The summed E-state index contributed by atoms with van der Waals surface area (Å²) in [5.74, 6) is 2.27. The van der Waals surface area contributed by atoms with E-state index in [0.29, 0.717) is 17.8 Å². The number of thioether (sulfide) groups is 1. The van der Waals surface area contributed by atoms with Crippen molar-refractivity contribution in [2.45, 2.75) is 66.3 Å². The van der Waals surface area contributed by atoms with E-state index in [-0.39, 0.29) is 11.6 Å². The molecule has 1 aliphatic heterocycles. The molecule has 42 heavy (non-hydrogen) atoms. The highest BCUT2D eigenvalue weighted by atomic mass is 32.2. The summed E-state index contributed by atoms with van der Waals surface area (Å²) in [6.07, 6.45) is 7.11. The number of nitrogens with zero attached hydrogens (tertiary/aromatic N) is 3. The molecule has 1 saturated heterocycles. The Kier molecular flexibility index (Phi) is 14.1. The molecule has 2 unspecified atom stereocenters. The Morgan fingerprint density at radius 3 is 2.31 bits per heavy atom. The van der Waals surface area contributed by atoms with E-state index < -0.39 is 0 Å². The zero-order valence-corrected chi connectivity index (χ0v) is 28.0. The Balaban J connectivity index is 0.00000148. The van der Waals surface area contributed by atoms with Crippen molar-refractivity contribution in [2.24, 2.45) is 29.8 Å². The molecule has 228 valence electrons. The summed E-state index contributed by atoms with van der Waals surface area (Å²) in [7, 11) is 1.87. The van der Waals surface area contributed by atoms with Crippen LogP contribution in [0.15, 0.2) is 75.0 Å². The number of hydrogen-bond acceptors (Lipinski definition) is 6. The van der Waals surface area contributed by atoms with Crippen LogP contribution in [0, 0.1) is 37.0 Å². The molecule has 1 aliphatic carbocycles. The van der Waals surface area contributed by atoms with Gasteiger partial charge < -0.3 is 15.6 Å². The van der Waals surface area contributed by atoms with E-state index in [4.69, 9.17) is 5.41 Å². The number of rotatable bonds is 8. The Bertz CT molecular complexity index is 1370. The summed E-state index contributed by atoms with van der Waals surface area (Å²) in [5.41, 5.74) is 5.04. The maximum absolute atomic E-state index is 13.3. The molecule has 0 bridgehead atoms. The van der Waals surface area contributed by atoms with Crippen molar-refractivity contribution >= 4 is 35.7 Å². The van der Waals surface area contributed by atoms with Gasteiger partial charge >= 0.3 is 0 Å². The van der Waals surface area contributed by atoms with Crippen LogP contribution in [0.5, 0.6) is 0 Å². The van der Waals surface area contributed by atoms with Crippen LogP contribution in [0.4, 0.5) is 11.5 Å². The number of anilines is 2. The number of fused-ring (bicyclic) bond motifs is 1. The van der Waals surface area contributed by atoms with Gasteiger partial charge in [-0.2, -0.15) is 0 Å². The van der Waals surface area contributed by atoms with Gasteiger partial charge in [-0.3, -0.25) is 14.4 Å². The molecule has 2 N–H and O–H groups in total. The first kappa shape index (κ1) is 34.9. The number of aryl methyl sites for hydroxylation is 2. The van der Waals surface area contributed by atoms with Crippen LogP contribution >= 0.6 is 11.8 Å². The molecule has 3 atom stereocenters. The lowest BCUT2D eigenvalue weighted by Crippen LogP contribution is -2.30. The van der Waals surface area contributed by atoms with E-state index in [0.717, 1.165) is 46.9 Å². The van der Waals surface area contributed by atoms with E-state index >= 15 is 0 Å². The zero-order valence-electron chi connectivity index (χ0n) is 27.2. The first-order valence-electron chi connectivity index (χ1n) is 15.2. The number of aliphatic imine (C=N–C) groups is 1. The Hall–Kier alpha value is -3.32. The highest BCUT2D eigenvalue weighted by molar-refractivity contribution is 7.98. The van der Waals surface area contributed by atoms with E-state index in [2.05, 4.69) is 70.9 Å². The normalized spacial score (nSPS) is 19.4. The molecular formula is C35H51N5OS. The molecule has 1 saturated carbocycles. The summed E-state index contributed by atoms with van der Waals surface area (Å²) < 4.78 is 1.79. The fourth-order valence-corrected chi connectivity index (χ4v) is 6.22. The third-order valence-corrected chi connectivity index (χ3v) is 8.47. The van der Waals surface area contributed by atoms with Crippen molar-refractivity contribution in [1.29, 1.82) is 5.41 Å². The minimum atomic E-state index is 0.00963. The standard InChI is InChI=1S/C31H39N5OS.2C2H6/c1-7-33-17-24(16-32)30-25-18-36(19-26(25)30)29-13-12-23(15-20(2)14-21(3)31(37)35(29)5)22(4)34-27-10-8-9-11-28(27)38-6;2*1-2/h7-17,22,25-26,30,32,34H,18-19H2,1-6H3;2*1-2H3/b20-15?,21-14?,23-12?,24-17+,29-13?,32-16?,33-7?;;/t22-,25?,26?,30?;;/m1../s1. The summed E-state index contributed by atoms with van der Waals surface area (Å²) in [5, 5.41) is 11.5. The van der Waals surface area contributed by atoms with Crippen molar-refractivity contribution in [3.63, 3.8) is 0 Å². The van der Waals surface area contributed by atoms with Gasteiger partial charge in [0, 0.05) is 61.0 Å². The fraction of sp³-hybridized carbons (Fsp3) is 0.457. The summed E-state index contributed by atoms with van der Waals surface area (Å²) >= 11 is 1.73. The predicted octanol–water partition coefficient (Wildman–Crippen LogP) is 8.38. The van der Waals surface area contributed by atoms with E-state index in [1.165, 1.54) is 11.1 Å². The van der Waals surface area contributed by atoms with Crippen LogP contribution in [-0.4, -0.2) is 36.3 Å². The van der Waals surface area contributed by atoms with Gasteiger partial charge in [0.25, 0.3) is 5.56 Å². The maximum Gasteiger partial charge on any atom is 0.254 e. The van der Waals surface area contributed by atoms with E-state index in [1.807, 2.05) is 67.8 Å². The number of allylic oxidation sites excluding steroid dienone is 1. The lowest BCUT2D eigenvalue weighted by molar-refractivity contribution is 0.692. The molecule has 4 rings (SSSR count). The smallest absolute Gasteiger partial charge is 0.254 e. The molecule has 2 aromatic rings. The van der Waals surface area contributed by atoms with Crippen LogP contribution in [0.1, 0.15) is 64.3 Å².